The Balaban J connectivity index is 1.57. The van der Waals surface area contributed by atoms with E-state index in [4.69, 9.17) is 4.74 Å². The van der Waals surface area contributed by atoms with E-state index in [1.807, 2.05) is 48.5 Å². The van der Waals surface area contributed by atoms with Crippen LogP contribution in [0.15, 0.2) is 85.6 Å². The summed E-state index contributed by atoms with van der Waals surface area (Å²) >= 11 is 0. The minimum Gasteiger partial charge on any atom is -0.375 e. The second-order valence-corrected chi connectivity index (χ2v) is 11.4. The van der Waals surface area contributed by atoms with Gasteiger partial charge in [-0.05, 0) is 46.7 Å². The molecule has 0 spiro atoms. The summed E-state index contributed by atoms with van der Waals surface area (Å²) in [4.78, 5) is 41.4. The Morgan fingerprint density at radius 3 is 2.54 bits per heavy atom. The van der Waals surface area contributed by atoms with Crippen molar-refractivity contribution in [1.82, 2.24) is 20.3 Å². The Bertz CT molecular complexity index is 1460. The summed E-state index contributed by atoms with van der Waals surface area (Å²) in [6.07, 6.45) is 7.67. The van der Waals surface area contributed by atoms with Crippen molar-refractivity contribution in [1.29, 1.82) is 0 Å². The number of anilines is 1. The Hall–Kier alpha value is -4.30. The number of pyridine rings is 1. The number of rotatable bonds is 9. The van der Waals surface area contributed by atoms with Crippen molar-refractivity contribution >= 4 is 17.5 Å². The van der Waals surface area contributed by atoms with Gasteiger partial charge >= 0.3 is 0 Å². The maximum Gasteiger partial charge on any atom is 0.279 e. The largest absolute Gasteiger partial charge is 0.375 e. The molecule has 0 saturated heterocycles. The average molecular weight is 552 g/mol. The standard InChI is InChI=1S/C33H37N5O3/c1-5-17-41-28-18-22-9-6-7-11-26(22)29(28)37-31(39)30(23-10-8-16-34-19-23)38(32(40)27-20-35-21-36-27)25-14-12-24(13-15-25)33(2,3)4/h6-16,19-21,28-30H,5,17-18H2,1-4H3,(H,35,36)(H,37,39)/t28-,29+,30?/m0/s1. The minimum absolute atomic E-state index is 0.0704. The molecule has 0 saturated carbocycles. The minimum atomic E-state index is -1.01. The van der Waals surface area contributed by atoms with Crippen LogP contribution in [0.4, 0.5) is 5.69 Å². The summed E-state index contributed by atoms with van der Waals surface area (Å²) in [5, 5.41) is 3.26. The van der Waals surface area contributed by atoms with Crippen LogP contribution in [0.1, 0.15) is 78.9 Å². The number of aromatic amines is 1. The molecule has 5 rings (SSSR count). The third-order valence-corrected chi connectivity index (χ3v) is 7.47. The zero-order chi connectivity index (χ0) is 29.0. The molecule has 2 aromatic carbocycles. The lowest BCUT2D eigenvalue weighted by molar-refractivity contribution is -0.124. The van der Waals surface area contributed by atoms with Gasteiger partial charge in [-0.25, -0.2) is 4.98 Å². The fourth-order valence-corrected chi connectivity index (χ4v) is 5.35. The molecule has 0 fully saturated rings. The molecule has 41 heavy (non-hydrogen) atoms. The van der Waals surface area contributed by atoms with Crippen molar-refractivity contribution < 1.29 is 14.3 Å². The summed E-state index contributed by atoms with van der Waals surface area (Å²) in [6, 6.07) is 18.1. The van der Waals surface area contributed by atoms with Crippen LogP contribution in [0.25, 0.3) is 0 Å². The van der Waals surface area contributed by atoms with E-state index in [9.17, 15) is 9.59 Å². The molecule has 1 unspecified atom stereocenters. The number of imidazole rings is 1. The molecule has 4 aromatic rings. The molecule has 2 amide bonds. The number of hydrogen-bond donors (Lipinski definition) is 2. The molecule has 212 valence electrons. The second-order valence-electron chi connectivity index (χ2n) is 11.4. The summed E-state index contributed by atoms with van der Waals surface area (Å²) in [6.45, 7) is 9.07. The molecule has 0 aliphatic heterocycles. The van der Waals surface area contributed by atoms with Crippen molar-refractivity contribution in [3.63, 3.8) is 0 Å². The van der Waals surface area contributed by atoms with E-state index in [0.717, 1.165) is 23.1 Å². The van der Waals surface area contributed by atoms with Gasteiger partial charge in [0.2, 0.25) is 5.91 Å². The summed E-state index contributed by atoms with van der Waals surface area (Å²) in [7, 11) is 0. The van der Waals surface area contributed by atoms with Crippen LogP contribution in [0.5, 0.6) is 0 Å². The molecule has 1 aliphatic carbocycles. The molecule has 2 N–H and O–H groups in total. The number of carbonyl (C=O) groups is 2. The quantitative estimate of drug-likeness (QED) is 0.278. The monoisotopic (exact) mass is 551 g/mol. The van der Waals surface area contributed by atoms with E-state index in [0.29, 0.717) is 24.3 Å². The van der Waals surface area contributed by atoms with Crippen LogP contribution in [-0.4, -0.2) is 39.5 Å². The van der Waals surface area contributed by atoms with E-state index in [-0.39, 0.29) is 29.2 Å². The van der Waals surface area contributed by atoms with E-state index >= 15 is 0 Å². The van der Waals surface area contributed by atoms with E-state index in [2.05, 4.69) is 54.0 Å². The summed E-state index contributed by atoms with van der Waals surface area (Å²) < 4.78 is 6.21. The Morgan fingerprint density at radius 1 is 1.10 bits per heavy atom. The van der Waals surface area contributed by atoms with Gasteiger partial charge in [0.25, 0.3) is 5.91 Å². The van der Waals surface area contributed by atoms with Gasteiger partial charge in [-0.1, -0.05) is 70.2 Å². The number of aromatic nitrogens is 3. The molecule has 1 aliphatic rings. The van der Waals surface area contributed by atoms with Crippen molar-refractivity contribution in [3.8, 4) is 0 Å². The van der Waals surface area contributed by atoms with Crippen molar-refractivity contribution in [3.05, 3.63) is 114 Å². The molecule has 2 heterocycles. The molecule has 2 aromatic heterocycles. The highest BCUT2D eigenvalue weighted by Crippen LogP contribution is 2.36. The SMILES string of the molecule is CCCO[C@H]1Cc2ccccc2[C@H]1NC(=O)C(c1cccnc1)N(C(=O)c1c[nH]cn1)c1ccc(C(C)(C)C)cc1. The molecule has 0 radical (unpaired) electrons. The summed E-state index contributed by atoms with van der Waals surface area (Å²) in [5.41, 5.74) is 4.62. The molecule has 0 bridgehead atoms. The Morgan fingerprint density at radius 2 is 1.88 bits per heavy atom. The number of carbonyl (C=O) groups excluding carboxylic acids is 2. The predicted molar refractivity (Wildman–Crippen MR) is 159 cm³/mol. The van der Waals surface area contributed by atoms with Gasteiger partial charge < -0.3 is 15.0 Å². The van der Waals surface area contributed by atoms with Gasteiger partial charge in [0, 0.05) is 42.9 Å². The van der Waals surface area contributed by atoms with E-state index in [1.165, 1.54) is 11.2 Å². The van der Waals surface area contributed by atoms with Crippen molar-refractivity contribution in [2.24, 2.45) is 0 Å². The summed E-state index contributed by atoms with van der Waals surface area (Å²) in [5.74, 6) is -0.724. The van der Waals surface area contributed by atoms with Crippen LogP contribution in [0, 0.1) is 0 Å². The highest BCUT2D eigenvalue weighted by atomic mass is 16.5. The van der Waals surface area contributed by atoms with Crippen LogP contribution in [0.3, 0.4) is 0 Å². The van der Waals surface area contributed by atoms with Crippen molar-refractivity contribution in [2.75, 3.05) is 11.5 Å². The molecular weight excluding hydrogens is 514 g/mol. The van der Waals surface area contributed by atoms with E-state index < -0.39 is 11.9 Å². The number of benzene rings is 2. The first-order chi connectivity index (χ1) is 19.8. The van der Waals surface area contributed by atoms with Gasteiger partial charge in [0.05, 0.1) is 18.5 Å². The van der Waals surface area contributed by atoms with Crippen molar-refractivity contribution in [2.45, 2.75) is 64.1 Å². The number of ether oxygens (including phenoxy) is 1. The van der Waals surface area contributed by atoms with Gasteiger partial charge in [0.1, 0.15) is 11.7 Å². The van der Waals surface area contributed by atoms with Crippen LogP contribution >= 0.6 is 0 Å². The third-order valence-electron chi connectivity index (χ3n) is 7.47. The van der Waals surface area contributed by atoms with Crippen LogP contribution in [-0.2, 0) is 21.4 Å². The zero-order valence-electron chi connectivity index (χ0n) is 24.0. The smallest absolute Gasteiger partial charge is 0.279 e. The first-order valence-corrected chi connectivity index (χ1v) is 14.1. The van der Waals surface area contributed by atoms with Gasteiger partial charge in [-0.3, -0.25) is 19.5 Å². The lowest BCUT2D eigenvalue weighted by atomic mass is 9.87. The number of nitrogens with zero attached hydrogens (tertiary/aromatic N) is 3. The number of nitrogens with one attached hydrogen (secondary N) is 2. The van der Waals surface area contributed by atoms with Gasteiger partial charge in [-0.2, -0.15) is 0 Å². The second kappa shape index (κ2) is 12.1. The highest BCUT2D eigenvalue weighted by Gasteiger charge is 2.39. The highest BCUT2D eigenvalue weighted by molar-refractivity contribution is 6.09. The Labute approximate surface area is 241 Å². The maximum atomic E-state index is 14.4. The Kier molecular flexibility index (Phi) is 8.31. The van der Waals surface area contributed by atoms with E-state index in [1.54, 1.807) is 24.7 Å². The molecule has 3 atom stereocenters. The lowest BCUT2D eigenvalue weighted by Crippen LogP contribution is -2.46. The zero-order valence-corrected chi connectivity index (χ0v) is 24.0. The number of H-pyrrole nitrogens is 1. The number of amides is 2. The van der Waals surface area contributed by atoms with Crippen LogP contribution < -0.4 is 10.2 Å². The fraction of sp³-hybridized carbons (Fsp3) is 0.333. The third kappa shape index (κ3) is 6.07. The average Bonchev–Trinajstić information content (AvgIpc) is 3.63. The first kappa shape index (κ1) is 28.2. The normalized spacial score (nSPS) is 17.1. The maximum absolute atomic E-state index is 14.4. The van der Waals surface area contributed by atoms with Gasteiger partial charge in [-0.15, -0.1) is 0 Å². The van der Waals surface area contributed by atoms with Crippen LogP contribution in [0.2, 0.25) is 0 Å². The van der Waals surface area contributed by atoms with Gasteiger partial charge in [0.15, 0.2) is 0 Å². The first-order valence-electron chi connectivity index (χ1n) is 14.1. The molecule has 8 heteroatoms. The molecule has 8 nitrogen and oxygen atoms in total. The predicted octanol–water partition coefficient (Wildman–Crippen LogP) is 5.70. The topological polar surface area (TPSA) is 100 Å². The molecular formula is C33H37N5O3. The number of fused-ring (bicyclic) bond motifs is 1. The number of hydrogen-bond acceptors (Lipinski definition) is 5. The lowest BCUT2D eigenvalue weighted by Gasteiger charge is -2.33. The fourth-order valence-electron chi connectivity index (χ4n) is 5.35.